The van der Waals surface area contributed by atoms with Gasteiger partial charge in [-0.05, 0) is 18.9 Å². The minimum atomic E-state index is -4.56. The summed E-state index contributed by atoms with van der Waals surface area (Å²) >= 11 is 0. The summed E-state index contributed by atoms with van der Waals surface area (Å²) in [6.45, 7) is 1.36. The molecule has 11 heteroatoms. The van der Waals surface area contributed by atoms with Crippen LogP contribution < -0.4 is 21.3 Å². The molecule has 0 spiro atoms. The average Bonchev–Trinajstić information content (AvgIpc) is 3.49. The van der Waals surface area contributed by atoms with Crippen LogP contribution in [0.2, 0.25) is 0 Å². The highest BCUT2D eigenvalue weighted by atomic mass is 19.4. The van der Waals surface area contributed by atoms with Crippen LogP contribution in [0.25, 0.3) is 0 Å². The third-order valence-corrected chi connectivity index (χ3v) is 4.03. The third kappa shape index (κ3) is 4.98. The lowest BCUT2D eigenvalue weighted by molar-refractivity contribution is -0.137. The Kier molecular flexibility index (Phi) is 5.79. The molecule has 1 aliphatic carbocycles. The molecule has 0 saturated heterocycles. The van der Waals surface area contributed by atoms with Crippen LogP contribution in [0, 0.1) is 11.3 Å². The highest BCUT2D eigenvalue weighted by molar-refractivity contribution is 5.65. The zero-order chi connectivity index (χ0) is 20.1. The van der Waals surface area contributed by atoms with E-state index in [1.54, 1.807) is 6.07 Å². The van der Waals surface area contributed by atoms with Crippen LogP contribution in [0.4, 0.5) is 36.3 Å². The first-order valence-corrected chi connectivity index (χ1v) is 8.67. The Morgan fingerprint density at radius 2 is 2.00 bits per heavy atom. The quantitative estimate of drug-likeness (QED) is 0.508. The minimum absolute atomic E-state index is 0.0230. The Labute approximate surface area is 159 Å². The van der Waals surface area contributed by atoms with Crippen LogP contribution in [-0.2, 0) is 6.18 Å². The van der Waals surface area contributed by atoms with Crippen molar-refractivity contribution in [3.8, 4) is 6.07 Å². The minimum Gasteiger partial charge on any atom is -0.381 e. The first-order chi connectivity index (χ1) is 13.4. The third-order valence-electron chi connectivity index (χ3n) is 4.03. The van der Waals surface area contributed by atoms with Crippen LogP contribution in [0.3, 0.4) is 0 Å². The number of halogens is 3. The number of hydrogen-bond acceptors (Lipinski definition) is 8. The molecular weight excluding hydrogens is 373 g/mol. The summed E-state index contributed by atoms with van der Waals surface area (Å²) in [7, 11) is 1.35. The number of pyridine rings is 1. The highest BCUT2D eigenvalue weighted by Crippen LogP contribution is 2.33. The molecule has 0 bridgehead atoms. The Morgan fingerprint density at radius 3 is 2.64 bits per heavy atom. The Balaban J connectivity index is 1.72. The molecule has 0 amide bonds. The van der Waals surface area contributed by atoms with Gasteiger partial charge in [0.15, 0.2) is 5.69 Å². The smallest absolute Gasteiger partial charge is 0.381 e. The molecule has 0 unspecified atom stereocenters. The monoisotopic (exact) mass is 392 g/mol. The van der Waals surface area contributed by atoms with Crippen molar-refractivity contribution in [1.29, 1.82) is 5.26 Å². The molecule has 0 aliphatic heterocycles. The van der Waals surface area contributed by atoms with Crippen LogP contribution in [0.5, 0.6) is 0 Å². The zero-order valence-corrected chi connectivity index (χ0v) is 15.1. The molecule has 0 atom stereocenters. The van der Waals surface area contributed by atoms with Crippen LogP contribution >= 0.6 is 0 Å². The average molecular weight is 392 g/mol. The van der Waals surface area contributed by atoms with Crippen molar-refractivity contribution in [2.45, 2.75) is 25.1 Å². The van der Waals surface area contributed by atoms with Crippen molar-refractivity contribution in [1.82, 2.24) is 20.3 Å². The van der Waals surface area contributed by atoms with Crippen molar-refractivity contribution in [3.63, 3.8) is 0 Å². The van der Waals surface area contributed by atoms with E-state index < -0.39 is 11.7 Å². The Bertz CT molecular complexity index is 874. The van der Waals surface area contributed by atoms with Crippen LogP contribution in [0.15, 0.2) is 18.5 Å². The van der Waals surface area contributed by atoms with Crippen molar-refractivity contribution < 1.29 is 13.2 Å². The molecule has 2 aromatic heterocycles. The van der Waals surface area contributed by atoms with E-state index in [-0.39, 0.29) is 17.5 Å². The van der Waals surface area contributed by atoms with Gasteiger partial charge in [0.05, 0.1) is 17.6 Å². The lowest BCUT2D eigenvalue weighted by Crippen LogP contribution is -2.24. The number of anilines is 4. The lowest BCUT2D eigenvalue weighted by atomic mass is 10.2. The van der Waals surface area contributed by atoms with Crippen molar-refractivity contribution >= 4 is 23.1 Å². The van der Waals surface area contributed by atoms with Gasteiger partial charge >= 0.3 is 6.18 Å². The van der Waals surface area contributed by atoms with E-state index in [1.807, 2.05) is 6.07 Å². The first kappa shape index (κ1) is 19.6. The number of nitrogens with one attached hydrogen (secondary N) is 4. The molecule has 4 N–H and O–H groups in total. The molecule has 28 heavy (non-hydrogen) atoms. The van der Waals surface area contributed by atoms with Gasteiger partial charge in [-0.3, -0.25) is 0 Å². The van der Waals surface area contributed by atoms with Gasteiger partial charge in [0.2, 0.25) is 5.95 Å². The maximum Gasteiger partial charge on any atom is 0.421 e. The fraction of sp³-hybridized carbons (Fsp3) is 0.412. The topological polar surface area (TPSA) is 111 Å². The summed E-state index contributed by atoms with van der Waals surface area (Å²) in [5, 5.41) is 20.9. The van der Waals surface area contributed by atoms with E-state index in [0.717, 1.165) is 6.54 Å². The molecule has 8 nitrogen and oxygen atoms in total. The molecule has 2 aromatic rings. The van der Waals surface area contributed by atoms with Crippen molar-refractivity contribution in [3.05, 3.63) is 29.7 Å². The molecule has 2 heterocycles. The number of nitriles is 1. The second-order valence-corrected chi connectivity index (χ2v) is 6.22. The second-order valence-electron chi connectivity index (χ2n) is 6.22. The fourth-order valence-corrected chi connectivity index (χ4v) is 2.49. The van der Waals surface area contributed by atoms with Gasteiger partial charge in [-0.25, -0.2) is 9.97 Å². The van der Waals surface area contributed by atoms with Gasteiger partial charge in [0.25, 0.3) is 0 Å². The van der Waals surface area contributed by atoms with Crippen LogP contribution in [-0.4, -0.2) is 41.1 Å². The molecule has 1 saturated carbocycles. The largest absolute Gasteiger partial charge is 0.421 e. The fourth-order valence-electron chi connectivity index (χ4n) is 2.49. The summed E-state index contributed by atoms with van der Waals surface area (Å²) in [5.74, 6) is -0.360. The van der Waals surface area contributed by atoms with Gasteiger partial charge < -0.3 is 21.3 Å². The number of alkyl halides is 3. The molecular formula is C17H19F3N8. The number of hydrogen-bond donors (Lipinski definition) is 4. The van der Waals surface area contributed by atoms with E-state index >= 15 is 0 Å². The van der Waals surface area contributed by atoms with E-state index in [9.17, 15) is 18.4 Å². The molecule has 1 aliphatic rings. The summed E-state index contributed by atoms with van der Waals surface area (Å²) in [6, 6.07) is 4.23. The zero-order valence-electron chi connectivity index (χ0n) is 15.1. The van der Waals surface area contributed by atoms with Gasteiger partial charge in [-0.2, -0.15) is 23.4 Å². The molecule has 0 aromatic carbocycles. The molecule has 3 rings (SSSR count). The van der Waals surface area contributed by atoms with E-state index in [2.05, 4.69) is 36.2 Å². The summed E-state index contributed by atoms with van der Waals surface area (Å²) in [6.07, 6.45) is -0.0794. The first-order valence-electron chi connectivity index (χ1n) is 8.67. The normalized spacial score (nSPS) is 13.7. The molecule has 0 radical (unpaired) electrons. The summed E-state index contributed by atoms with van der Waals surface area (Å²) in [4.78, 5) is 11.6. The molecule has 148 valence electrons. The van der Waals surface area contributed by atoms with Gasteiger partial charge in [0, 0.05) is 32.4 Å². The predicted molar refractivity (Wildman–Crippen MR) is 98.3 cm³/mol. The summed E-state index contributed by atoms with van der Waals surface area (Å²) < 4.78 is 38.8. The van der Waals surface area contributed by atoms with Crippen molar-refractivity contribution in [2.24, 2.45) is 0 Å². The van der Waals surface area contributed by atoms with E-state index in [4.69, 9.17) is 0 Å². The van der Waals surface area contributed by atoms with Gasteiger partial charge in [-0.15, -0.1) is 0 Å². The SMILES string of the molecule is CNc1nc(Nc2cnc(C#N)c(NCCNC3CC3)c2)ncc1C(F)(F)F. The molecule has 1 fully saturated rings. The number of rotatable bonds is 8. The highest BCUT2D eigenvalue weighted by Gasteiger charge is 2.35. The standard InChI is InChI=1S/C17H19F3N8/c1-22-15-12(17(18,19)20)9-26-16(28-15)27-11-6-13(14(7-21)25-8-11)24-5-4-23-10-2-3-10/h6,8-10,23-24H,2-5H2,1H3,(H2,22,26,27,28). The Hall–Kier alpha value is -3.13. The second kappa shape index (κ2) is 8.26. The van der Waals surface area contributed by atoms with Gasteiger partial charge in [0.1, 0.15) is 17.5 Å². The number of aromatic nitrogens is 3. The maximum atomic E-state index is 12.9. The number of nitrogens with zero attached hydrogens (tertiary/aromatic N) is 4. The van der Waals surface area contributed by atoms with E-state index in [0.29, 0.717) is 30.2 Å². The Morgan fingerprint density at radius 1 is 1.21 bits per heavy atom. The van der Waals surface area contributed by atoms with Gasteiger partial charge in [-0.1, -0.05) is 0 Å². The van der Waals surface area contributed by atoms with Crippen molar-refractivity contribution in [2.75, 3.05) is 36.1 Å². The maximum absolute atomic E-state index is 12.9. The lowest BCUT2D eigenvalue weighted by Gasteiger charge is -2.14. The van der Waals surface area contributed by atoms with Crippen LogP contribution in [0.1, 0.15) is 24.1 Å². The predicted octanol–water partition coefficient (Wildman–Crippen LogP) is 2.71. The van der Waals surface area contributed by atoms with E-state index in [1.165, 1.54) is 26.1 Å². The summed E-state index contributed by atoms with van der Waals surface area (Å²) in [5.41, 5.74) is 0.231.